The Labute approximate surface area is 71.0 Å². The normalized spacial score (nSPS) is 13.2. The molecule has 1 heterocycles. The lowest BCUT2D eigenvalue weighted by Gasteiger charge is -2.05. The van der Waals surface area contributed by atoms with Crippen LogP contribution in [0, 0.1) is 0 Å². The van der Waals surface area contributed by atoms with Crippen LogP contribution in [0.15, 0.2) is 6.20 Å². The van der Waals surface area contributed by atoms with E-state index in [2.05, 4.69) is 10.3 Å². The van der Waals surface area contributed by atoms with Crippen molar-refractivity contribution in [1.29, 1.82) is 0 Å². The van der Waals surface area contributed by atoms with Crippen LogP contribution < -0.4 is 0 Å². The molecule has 1 aromatic rings. The monoisotopic (exact) mass is 171 g/mol. The minimum absolute atomic E-state index is 0.330. The Kier molecular flexibility index (Phi) is 3.19. The van der Waals surface area contributed by atoms with E-state index in [1.165, 1.54) is 0 Å². The third kappa shape index (κ3) is 2.60. The standard InChI is InChI=1S/C7H13N3O2/c1-10-4-6(8-9-10)3-7(11)5-12-2/h4,7,11H,3,5H2,1-2H3. The van der Waals surface area contributed by atoms with Gasteiger partial charge in [-0.25, -0.2) is 0 Å². The van der Waals surface area contributed by atoms with E-state index < -0.39 is 6.10 Å². The summed E-state index contributed by atoms with van der Waals surface area (Å²) >= 11 is 0. The van der Waals surface area contributed by atoms with Gasteiger partial charge in [-0.05, 0) is 0 Å². The molecule has 1 aromatic heterocycles. The van der Waals surface area contributed by atoms with Crippen molar-refractivity contribution in [2.45, 2.75) is 12.5 Å². The van der Waals surface area contributed by atoms with Crippen molar-refractivity contribution in [3.8, 4) is 0 Å². The van der Waals surface area contributed by atoms with Gasteiger partial charge in [0, 0.05) is 26.8 Å². The fraction of sp³-hybridized carbons (Fsp3) is 0.714. The molecule has 0 amide bonds. The fourth-order valence-corrected chi connectivity index (χ4v) is 0.982. The molecule has 1 unspecified atom stereocenters. The molecule has 0 bridgehead atoms. The van der Waals surface area contributed by atoms with Gasteiger partial charge in [0.2, 0.25) is 0 Å². The number of aromatic nitrogens is 3. The summed E-state index contributed by atoms with van der Waals surface area (Å²) in [5.41, 5.74) is 0.780. The van der Waals surface area contributed by atoms with E-state index in [9.17, 15) is 5.11 Å². The van der Waals surface area contributed by atoms with Crippen LogP contribution in [-0.4, -0.2) is 39.9 Å². The lowest BCUT2D eigenvalue weighted by atomic mass is 10.2. The molecule has 0 spiro atoms. The first kappa shape index (κ1) is 9.15. The molecule has 0 radical (unpaired) electrons. The van der Waals surface area contributed by atoms with E-state index in [-0.39, 0.29) is 0 Å². The molecule has 0 aliphatic carbocycles. The maximum absolute atomic E-state index is 9.31. The van der Waals surface area contributed by atoms with Gasteiger partial charge in [-0.2, -0.15) is 0 Å². The fourth-order valence-electron chi connectivity index (χ4n) is 0.982. The van der Waals surface area contributed by atoms with Crippen LogP contribution in [0.4, 0.5) is 0 Å². The number of hydrogen-bond acceptors (Lipinski definition) is 4. The summed E-state index contributed by atoms with van der Waals surface area (Å²) in [4.78, 5) is 0. The maximum Gasteiger partial charge on any atom is 0.0853 e. The van der Waals surface area contributed by atoms with Crippen LogP contribution in [0.5, 0.6) is 0 Å². The van der Waals surface area contributed by atoms with Gasteiger partial charge in [-0.15, -0.1) is 5.10 Å². The molecule has 12 heavy (non-hydrogen) atoms. The topological polar surface area (TPSA) is 60.2 Å². The second-order valence-electron chi connectivity index (χ2n) is 2.70. The zero-order valence-electron chi connectivity index (χ0n) is 7.27. The number of hydrogen-bond donors (Lipinski definition) is 1. The predicted octanol–water partition coefficient (Wildman–Crippen LogP) is -0.635. The Hall–Kier alpha value is -0.940. The third-order valence-electron chi connectivity index (χ3n) is 1.45. The largest absolute Gasteiger partial charge is 0.390 e. The Morgan fingerprint density at radius 3 is 3.00 bits per heavy atom. The first-order valence-electron chi connectivity index (χ1n) is 3.74. The zero-order chi connectivity index (χ0) is 8.97. The van der Waals surface area contributed by atoms with Crippen LogP contribution in [0.2, 0.25) is 0 Å². The Morgan fingerprint density at radius 2 is 2.50 bits per heavy atom. The molecule has 0 aliphatic heterocycles. The second-order valence-corrected chi connectivity index (χ2v) is 2.70. The van der Waals surface area contributed by atoms with E-state index in [1.807, 2.05) is 0 Å². The molecule has 0 fully saturated rings. The number of nitrogens with zero attached hydrogens (tertiary/aromatic N) is 3. The maximum atomic E-state index is 9.31. The smallest absolute Gasteiger partial charge is 0.0853 e. The van der Waals surface area contributed by atoms with E-state index in [1.54, 1.807) is 25.0 Å². The second kappa shape index (κ2) is 4.18. The summed E-state index contributed by atoms with van der Waals surface area (Å²) in [5, 5.41) is 16.9. The summed E-state index contributed by atoms with van der Waals surface area (Å²) in [6, 6.07) is 0. The highest BCUT2D eigenvalue weighted by Gasteiger charge is 2.07. The summed E-state index contributed by atoms with van der Waals surface area (Å²) < 4.78 is 6.38. The Morgan fingerprint density at radius 1 is 1.75 bits per heavy atom. The van der Waals surface area contributed by atoms with Crippen molar-refractivity contribution in [1.82, 2.24) is 15.0 Å². The number of ether oxygens (including phenoxy) is 1. The van der Waals surface area contributed by atoms with Crippen molar-refractivity contribution >= 4 is 0 Å². The van der Waals surface area contributed by atoms with Crippen LogP contribution >= 0.6 is 0 Å². The summed E-state index contributed by atoms with van der Waals surface area (Å²) in [7, 11) is 3.35. The minimum Gasteiger partial charge on any atom is -0.390 e. The number of aliphatic hydroxyl groups excluding tert-OH is 1. The molecule has 5 nitrogen and oxygen atoms in total. The molecular weight excluding hydrogens is 158 g/mol. The molecule has 0 aliphatic rings. The highest BCUT2D eigenvalue weighted by molar-refractivity contribution is 4.93. The number of aliphatic hydroxyl groups is 1. The molecule has 1 N–H and O–H groups in total. The first-order chi connectivity index (χ1) is 5.72. The lowest BCUT2D eigenvalue weighted by molar-refractivity contribution is 0.0644. The molecule has 0 saturated carbocycles. The zero-order valence-corrected chi connectivity index (χ0v) is 7.27. The van der Waals surface area contributed by atoms with E-state index >= 15 is 0 Å². The van der Waals surface area contributed by atoms with Crippen molar-refractivity contribution in [3.63, 3.8) is 0 Å². The number of methoxy groups -OCH3 is 1. The number of rotatable bonds is 4. The van der Waals surface area contributed by atoms with Crippen molar-refractivity contribution < 1.29 is 9.84 Å². The van der Waals surface area contributed by atoms with E-state index in [0.29, 0.717) is 13.0 Å². The molecule has 5 heteroatoms. The van der Waals surface area contributed by atoms with Crippen molar-refractivity contribution in [2.75, 3.05) is 13.7 Å². The number of aryl methyl sites for hydroxylation is 1. The SMILES string of the molecule is COCC(O)Cc1cn(C)nn1. The quantitative estimate of drug-likeness (QED) is 0.655. The van der Waals surface area contributed by atoms with Crippen LogP contribution in [0.25, 0.3) is 0 Å². The molecule has 68 valence electrons. The molecular formula is C7H13N3O2. The van der Waals surface area contributed by atoms with Crippen LogP contribution in [0.3, 0.4) is 0 Å². The van der Waals surface area contributed by atoms with Crippen molar-refractivity contribution in [3.05, 3.63) is 11.9 Å². The van der Waals surface area contributed by atoms with Gasteiger partial charge in [0.25, 0.3) is 0 Å². The van der Waals surface area contributed by atoms with Crippen molar-refractivity contribution in [2.24, 2.45) is 7.05 Å². The van der Waals surface area contributed by atoms with Crippen LogP contribution in [-0.2, 0) is 18.2 Å². The highest BCUT2D eigenvalue weighted by Crippen LogP contribution is 1.97. The first-order valence-corrected chi connectivity index (χ1v) is 3.74. The van der Waals surface area contributed by atoms with Gasteiger partial charge < -0.3 is 9.84 Å². The van der Waals surface area contributed by atoms with Crippen LogP contribution in [0.1, 0.15) is 5.69 Å². The predicted molar refractivity (Wildman–Crippen MR) is 42.6 cm³/mol. The molecule has 1 rings (SSSR count). The third-order valence-corrected chi connectivity index (χ3v) is 1.45. The summed E-state index contributed by atoms with van der Waals surface area (Å²) in [6.45, 7) is 0.330. The van der Waals surface area contributed by atoms with Gasteiger partial charge in [-0.1, -0.05) is 5.21 Å². The van der Waals surface area contributed by atoms with Gasteiger partial charge >= 0.3 is 0 Å². The van der Waals surface area contributed by atoms with Gasteiger partial charge in [-0.3, -0.25) is 4.68 Å². The Bertz CT molecular complexity index is 236. The molecule has 0 aromatic carbocycles. The van der Waals surface area contributed by atoms with E-state index in [4.69, 9.17) is 4.74 Å². The minimum atomic E-state index is -0.494. The van der Waals surface area contributed by atoms with Gasteiger partial charge in [0.1, 0.15) is 0 Å². The molecule has 1 atom stereocenters. The lowest BCUT2D eigenvalue weighted by Crippen LogP contribution is -2.17. The van der Waals surface area contributed by atoms with Gasteiger partial charge in [0.15, 0.2) is 0 Å². The van der Waals surface area contributed by atoms with Gasteiger partial charge in [0.05, 0.1) is 18.4 Å². The summed E-state index contributed by atoms with van der Waals surface area (Å²) in [6.07, 6.45) is 1.77. The summed E-state index contributed by atoms with van der Waals surface area (Å²) in [5.74, 6) is 0. The Balaban J connectivity index is 2.41. The average molecular weight is 171 g/mol. The highest BCUT2D eigenvalue weighted by atomic mass is 16.5. The average Bonchev–Trinajstić information content (AvgIpc) is 2.36. The molecule has 0 saturated heterocycles. The van der Waals surface area contributed by atoms with E-state index in [0.717, 1.165) is 5.69 Å².